The molecule has 0 aromatic rings. The molecule has 3 N–H and O–H groups in total. The van der Waals surface area contributed by atoms with Gasteiger partial charge in [-0.15, -0.1) is 24.0 Å². The maximum absolute atomic E-state index is 12.0. The average Bonchev–Trinajstić information content (AvgIpc) is 2.53. The fraction of sp³-hybridized carbons (Fsp3) is 0.889. The molecule has 0 saturated carbocycles. The summed E-state index contributed by atoms with van der Waals surface area (Å²) in [5.41, 5.74) is -1.14. The molecule has 0 aliphatic rings. The first-order valence-corrected chi connectivity index (χ1v) is 11.3. The standard InChI is InChI=1S/C18H39N5O4S.HI/c1-9-19-15(20-12-11-13-23(8)28(25,26)10-2)21-14-18(6,7)22-16(24)27-17(3,4)5;/h9-14H2,1-8H3,(H,22,24)(H2,19,20,21);1H. The van der Waals surface area contributed by atoms with Gasteiger partial charge in [-0.25, -0.2) is 17.5 Å². The molecule has 0 aromatic carbocycles. The van der Waals surface area contributed by atoms with Gasteiger partial charge < -0.3 is 20.7 Å². The van der Waals surface area contributed by atoms with Crippen LogP contribution in [0.3, 0.4) is 0 Å². The van der Waals surface area contributed by atoms with Gasteiger partial charge in [0.25, 0.3) is 0 Å². The summed E-state index contributed by atoms with van der Waals surface area (Å²) in [6.45, 7) is 14.8. The highest BCUT2D eigenvalue weighted by Crippen LogP contribution is 2.09. The summed E-state index contributed by atoms with van der Waals surface area (Å²) < 4.78 is 30.1. The van der Waals surface area contributed by atoms with E-state index in [9.17, 15) is 13.2 Å². The number of aliphatic imine (C=N–C) groups is 1. The number of nitrogens with zero attached hydrogens (tertiary/aromatic N) is 2. The maximum atomic E-state index is 12.0. The lowest BCUT2D eigenvalue weighted by Crippen LogP contribution is -2.49. The van der Waals surface area contributed by atoms with Gasteiger partial charge in [0.05, 0.1) is 17.8 Å². The molecule has 0 spiro atoms. The Balaban J connectivity index is 0. The summed E-state index contributed by atoms with van der Waals surface area (Å²) >= 11 is 0. The lowest BCUT2D eigenvalue weighted by Gasteiger charge is -2.27. The number of hydrogen-bond acceptors (Lipinski definition) is 5. The lowest BCUT2D eigenvalue weighted by atomic mass is 10.1. The number of hydrogen-bond donors (Lipinski definition) is 3. The van der Waals surface area contributed by atoms with Crippen molar-refractivity contribution in [3.63, 3.8) is 0 Å². The molecule has 0 saturated heterocycles. The Morgan fingerprint density at radius 1 is 1.10 bits per heavy atom. The van der Waals surface area contributed by atoms with Gasteiger partial charge in [-0.2, -0.15) is 0 Å². The Morgan fingerprint density at radius 3 is 2.17 bits per heavy atom. The lowest BCUT2D eigenvalue weighted by molar-refractivity contribution is 0.0476. The molecule has 0 radical (unpaired) electrons. The van der Waals surface area contributed by atoms with Crippen LogP contribution in [-0.4, -0.2) is 74.9 Å². The number of alkyl carbamates (subject to hydrolysis) is 1. The number of sulfonamides is 1. The zero-order chi connectivity index (χ0) is 22.0. The van der Waals surface area contributed by atoms with Crippen LogP contribution in [0.1, 0.15) is 54.9 Å². The molecule has 11 heteroatoms. The number of guanidine groups is 1. The number of halogens is 1. The predicted molar refractivity (Wildman–Crippen MR) is 130 cm³/mol. The van der Waals surface area contributed by atoms with Crippen LogP contribution in [0.15, 0.2) is 4.99 Å². The quantitative estimate of drug-likeness (QED) is 0.167. The Labute approximate surface area is 193 Å². The van der Waals surface area contributed by atoms with Gasteiger partial charge in [0.15, 0.2) is 5.96 Å². The Morgan fingerprint density at radius 2 is 1.69 bits per heavy atom. The minimum Gasteiger partial charge on any atom is -0.444 e. The highest BCUT2D eigenvalue weighted by Gasteiger charge is 2.24. The van der Waals surface area contributed by atoms with Crippen molar-refractivity contribution < 1.29 is 17.9 Å². The van der Waals surface area contributed by atoms with E-state index in [1.54, 1.807) is 14.0 Å². The third-order valence-corrected chi connectivity index (χ3v) is 5.46. The maximum Gasteiger partial charge on any atom is 0.408 e. The van der Waals surface area contributed by atoms with E-state index < -0.39 is 27.3 Å². The summed E-state index contributed by atoms with van der Waals surface area (Å²) in [5, 5.41) is 9.14. The largest absolute Gasteiger partial charge is 0.444 e. The molecule has 174 valence electrons. The van der Waals surface area contributed by atoms with Crippen LogP contribution in [0, 0.1) is 0 Å². The fourth-order valence-electron chi connectivity index (χ4n) is 2.11. The van der Waals surface area contributed by atoms with E-state index in [0.29, 0.717) is 38.6 Å². The molecular formula is C18H40IN5O4S. The van der Waals surface area contributed by atoms with E-state index in [-0.39, 0.29) is 29.7 Å². The Kier molecular flexibility index (Phi) is 14.1. The van der Waals surface area contributed by atoms with Crippen LogP contribution >= 0.6 is 24.0 Å². The minimum absolute atomic E-state index is 0. The SMILES string of the molecule is CCNC(=NCC(C)(C)NC(=O)OC(C)(C)C)NCCCN(C)S(=O)(=O)CC.I. The summed E-state index contributed by atoms with van der Waals surface area (Å²) in [7, 11) is -1.57. The van der Waals surface area contributed by atoms with E-state index >= 15 is 0 Å². The Hall–Kier alpha value is -0.820. The van der Waals surface area contributed by atoms with Gasteiger partial charge in [-0.1, -0.05) is 0 Å². The normalized spacial score (nSPS) is 12.9. The summed E-state index contributed by atoms with van der Waals surface area (Å²) in [6, 6.07) is 0. The molecule has 0 aliphatic carbocycles. The third-order valence-electron chi connectivity index (χ3n) is 3.60. The van der Waals surface area contributed by atoms with E-state index in [1.165, 1.54) is 4.31 Å². The molecule has 0 atom stereocenters. The van der Waals surface area contributed by atoms with Crippen molar-refractivity contribution in [1.29, 1.82) is 0 Å². The molecule has 0 fully saturated rings. The molecule has 0 bridgehead atoms. The van der Waals surface area contributed by atoms with Gasteiger partial charge >= 0.3 is 6.09 Å². The van der Waals surface area contributed by atoms with Crippen LogP contribution in [-0.2, 0) is 14.8 Å². The first-order chi connectivity index (χ1) is 12.7. The number of ether oxygens (including phenoxy) is 1. The summed E-state index contributed by atoms with van der Waals surface area (Å²) in [6.07, 6.45) is 0.172. The molecule has 29 heavy (non-hydrogen) atoms. The second-order valence-corrected chi connectivity index (χ2v) is 10.6. The zero-order valence-electron chi connectivity index (χ0n) is 19.1. The number of carbonyl (C=O) groups is 1. The van der Waals surface area contributed by atoms with E-state index in [4.69, 9.17) is 4.74 Å². The average molecular weight is 550 g/mol. The van der Waals surface area contributed by atoms with Gasteiger partial charge in [-0.3, -0.25) is 4.99 Å². The number of amides is 1. The minimum atomic E-state index is -3.16. The first-order valence-electron chi connectivity index (χ1n) is 9.70. The van der Waals surface area contributed by atoms with E-state index in [2.05, 4.69) is 20.9 Å². The van der Waals surface area contributed by atoms with Crippen molar-refractivity contribution in [3.8, 4) is 0 Å². The highest BCUT2D eigenvalue weighted by molar-refractivity contribution is 14.0. The van der Waals surface area contributed by atoms with E-state index in [0.717, 1.165) is 0 Å². The van der Waals surface area contributed by atoms with Gasteiger partial charge in [-0.05, 0) is 54.9 Å². The summed E-state index contributed by atoms with van der Waals surface area (Å²) in [4.78, 5) is 16.5. The Bertz CT molecular complexity index is 618. The molecule has 0 heterocycles. The van der Waals surface area contributed by atoms with Crippen LogP contribution in [0.2, 0.25) is 0 Å². The smallest absolute Gasteiger partial charge is 0.408 e. The molecule has 0 rings (SSSR count). The monoisotopic (exact) mass is 549 g/mol. The number of nitrogens with one attached hydrogen (secondary N) is 3. The molecule has 0 unspecified atom stereocenters. The van der Waals surface area contributed by atoms with Crippen molar-refractivity contribution >= 4 is 46.1 Å². The van der Waals surface area contributed by atoms with Crippen LogP contribution in [0.5, 0.6) is 0 Å². The van der Waals surface area contributed by atoms with E-state index in [1.807, 2.05) is 41.5 Å². The van der Waals surface area contributed by atoms with Crippen LogP contribution in [0.4, 0.5) is 4.79 Å². The summed E-state index contributed by atoms with van der Waals surface area (Å²) in [5.74, 6) is 0.711. The van der Waals surface area contributed by atoms with Crippen molar-refractivity contribution in [2.24, 2.45) is 4.99 Å². The number of rotatable bonds is 10. The van der Waals surface area contributed by atoms with Crippen molar-refractivity contribution in [1.82, 2.24) is 20.3 Å². The predicted octanol–water partition coefficient (Wildman–Crippen LogP) is 2.13. The highest BCUT2D eigenvalue weighted by atomic mass is 127. The molecular weight excluding hydrogens is 509 g/mol. The first kappa shape index (κ1) is 30.4. The van der Waals surface area contributed by atoms with Crippen molar-refractivity contribution in [2.75, 3.05) is 39.0 Å². The molecule has 1 amide bonds. The van der Waals surface area contributed by atoms with Crippen LogP contribution in [0.25, 0.3) is 0 Å². The zero-order valence-corrected chi connectivity index (χ0v) is 22.2. The fourth-order valence-corrected chi connectivity index (χ4v) is 2.95. The third kappa shape index (κ3) is 14.8. The number of carbonyl (C=O) groups excluding carboxylic acids is 1. The molecule has 9 nitrogen and oxygen atoms in total. The van der Waals surface area contributed by atoms with Gasteiger partial charge in [0, 0.05) is 26.7 Å². The molecule has 0 aliphatic heterocycles. The van der Waals surface area contributed by atoms with Crippen LogP contribution < -0.4 is 16.0 Å². The van der Waals surface area contributed by atoms with Crippen molar-refractivity contribution in [3.05, 3.63) is 0 Å². The topological polar surface area (TPSA) is 112 Å². The molecule has 0 aromatic heterocycles. The second-order valence-electron chi connectivity index (χ2n) is 8.21. The van der Waals surface area contributed by atoms with Gasteiger partial charge in [0.1, 0.15) is 5.60 Å². The van der Waals surface area contributed by atoms with Gasteiger partial charge in [0.2, 0.25) is 10.0 Å². The van der Waals surface area contributed by atoms with Crippen molar-refractivity contribution in [2.45, 2.75) is 66.0 Å². The second kappa shape index (κ2) is 13.5.